The first kappa shape index (κ1) is 12.4. The van der Waals surface area contributed by atoms with Crippen molar-refractivity contribution in [1.29, 1.82) is 0 Å². The van der Waals surface area contributed by atoms with Gasteiger partial charge in [-0.2, -0.15) is 0 Å². The fourth-order valence-electron chi connectivity index (χ4n) is 3.58. The molecule has 1 aliphatic heterocycles. The molecular formula is C14H28N2. The van der Waals surface area contributed by atoms with Crippen LogP contribution in [0.5, 0.6) is 0 Å². The summed E-state index contributed by atoms with van der Waals surface area (Å²) in [6.07, 6.45) is 9.87. The van der Waals surface area contributed by atoms with E-state index in [4.69, 9.17) is 5.73 Å². The maximum absolute atomic E-state index is 5.65. The molecule has 94 valence electrons. The predicted molar refractivity (Wildman–Crippen MR) is 69.4 cm³/mol. The molecule has 0 bridgehead atoms. The molecule has 2 heteroatoms. The number of likely N-dealkylation sites (tertiary alicyclic amines) is 1. The minimum atomic E-state index is 0.876. The number of nitrogens with zero attached hydrogens (tertiary/aromatic N) is 1. The van der Waals surface area contributed by atoms with Gasteiger partial charge < -0.3 is 10.6 Å². The average molecular weight is 224 g/mol. The summed E-state index contributed by atoms with van der Waals surface area (Å²) in [5.41, 5.74) is 5.65. The first-order valence-electron chi connectivity index (χ1n) is 7.27. The zero-order valence-electron chi connectivity index (χ0n) is 10.8. The number of hydrogen-bond donors (Lipinski definition) is 1. The van der Waals surface area contributed by atoms with Crippen LogP contribution in [0.2, 0.25) is 0 Å². The summed E-state index contributed by atoms with van der Waals surface area (Å²) < 4.78 is 0. The average Bonchev–Trinajstić information content (AvgIpc) is 2.78. The Bertz CT molecular complexity index is 197. The molecule has 2 nitrogen and oxygen atoms in total. The van der Waals surface area contributed by atoms with E-state index in [1.165, 1.54) is 58.0 Å². The summed E-state index contributed by atoms with van der Waals surface area (Å²) in [6.45, 7) is 5.89. The van der Waals surface area contributed by atoms with Crippen LogP contribution < -0.4 is 5.73 Å². The zero-order valence-corrected chi connectivity index (χ0v) is 10.8. The maximum Gasteiger partial charge on any atom is 0.00955 e. The highest BCUT2D eigenvalue weighted by atomic mass is 15.2. The van der Waals surface area contributed by atoms with Crippen LogP contribution in [-0.2, 0) is 0 Å². The Kier molecular flexibility index (Phi) is 4.66. The van der Waals surface area contributed by atoms with E-state index in [0.717, 1.165) is 24.4 Å². The molecule has 0 aromatic rings. The number of nitrogens with two attached hydrogens (primary N) is 1. The Balaban J connectivity index is 1.73. The maximum atomic E-state index is 5.65. The van der Waals surface area contributed by atoms with Crippen LogP contribution >= 0.6 is 0 Å². The van der Waals surface area contributed by atoms with Crippen molar-refractivity contribution in [2.24, 2.45) is 17.6 Å². The Morgan fingerprint density at radius 3 is 2.44 bits per heavy atom. The lowest BCUT2D eigenvalue weighted by Crippen LogP contribution is -2.36. The van der Waals surface area contributed by atoms with E-state index < -0.39 is 0 Å². The summed E-state index contributed by atoms with van der Waals surface area (Å²) in [6, 6.07) is 0.908. The van der Waals surface area contributed by atoms with Gasteiger partial charge in [0.25, 0.3) is 0 Å². The van der Waals surface area contributed by atoms with Crippen LogP contribution in [0, 0.1) is 11.8 Å². The van der Waals surface area contributed by atoms with Crippen molar-refractivity contribution in [1.82, 2.24) is 4.90 Å². The lowest BCUT2D eigenvalue weighted by atomic mass is 9.84. The lowest BCUT2D eigenvalue weighted by Gasteiger charge is -2.34. The second-order valence-electron chi connectivity index (χ2n) is 5.81. The van der Waals surface area contributed by atoms with Gasteiger partial charge in [-0.3, -0.25) is 0 Å². The molecule has 0 radical (unpaired) electrons. The Morgan fingerprint density at radius 2 is 1.81 bits per heavy atom. The third-order valence-corrected chi connectivity index (χ3v) is 4.80. The molecule has 1 saturated heterocycles. The van der Waals surface area contributed by atoms with E-state index in [0.29, 0.717) is 0 Å². The van der Waals surface area contributed by atoms with Crippen molar-refractivity contribution in [3.05, 3.63) is 0 Å². The smallest absolute Gasteiger partial charge is 0.00955 e. The zero-order chi connectivity index (χ0) is 11.4. The van der Waals surface area contributed by atoms with E-state index in [2.05, 4.69) is 11.8 Å². The third kappa shape index (κ3) is 2.98. The lowest BCUT2D eigenvalue weighted by molar-refractivity contribution is 0.157. The molecule has 1 heterocycles. The molecule has 16 heavy (non-hydrogen) atoms. The second-order valence-corrected chi connectivity index (χ2v) is 5.81. The van der Waals surface area contributed by atoms with Gasteiger partial charge in [0.15, 0.2) is 0 Å². The van der Waals surface area contributed by atoms with Gasteiger partial charge in [0, 0.05) is 12.6 Å². The number of hydrogen-bond acceptors (Lipinski definition) is 2. The fourth-order valence-corrected chi connectivity index (χ4v) is 3.58. The van der Waals surface area contributed by atoms with Crippen LogP contribution in [0.4, 0.5) is 0 Å². The monoisotopic (exact) mass is 224 g/mol. The topological polar surface area (TPSA) is 29.3 Å². The predicted octanol–water partition coefficient (Wildman–Crippen LogP) is 2.63. The molecule has 1 atom stereocenters. The van der Waals surface area contributed by atoms with E-state index in [9.17, 15) is 0 Å². The molecule has 2 N–H and O–H groups in total. The second kappa shape index (κ2) is 6.02. The van der Waals surface area contributed by atoms with Crippen molar-refractivity contribution in [2.75, 3.05) is 19.6 Å². The highest BCUT2D eigenvalue weighted by Crippen LogP contribution is 2.32. The summed E-state index contributed by atoms with van der Waals surface area (Å²) in [5.74, 6) is 1.92. The summed E-state index contributed by atoms with van der Waals surface area (Å²) in [5, 5.41) is 0. The fraction of sp³-hybridized carbons (Fsp3) is 1.00. The molecular weight excluding hydrogens is 196 g/mol. The van der Waals surface area contributed by atoms with Gasteiger partial charge in [-0.25, -0.2) is 0 Å². The van der Waals surface area contributed by atoms with Gasteiger partial charge >= 0.3 is 0 Å². The van der Waals surface area contributed by atoms with Crippen molar-refractivity contribution < 1.29 is 0 Å². The standard InChI is InChI=1S/C14H28N2/c1-2-12-3-5-14(6-4-12)16-10-8-13(11-16)7-9-15/h12-14H,2-11,15H2,1H3. The highest BCUT2D eigenvalue weighted by molar-refractivity contribution is 4.85. The van der Waals surface area contributed by atoms with E-state index >= 15 is 0 Å². The Morgan fingerprint density at radius 1 is 1.06 bits per heavy atom. The Labute approximate surface area is 101 Å². The molecule has 1 unspecified atom stereocenters. The summed E-state index contributed by atoms with van der Waals surface area (Å²) in [4.78, 5) is 2.76. The van der Waals surface area contributed by atoms with Crippen molar-refractivity contribution in [3.8, 4) is 0 Å². The first-order chi connectivity index (χ1) is 7.83. The molecule has 0 amide bonds. The molecule has 2 fully saturated rings. The first-order valence-corrected chi connectivity index (χ1v) is 7.27. The third-order valence-electron chi connectivity index (χ3n) is 4.80. The molecule has 1 aliphatic carbocycles. The van der Waals surface area contributed by atoms with Crippen molar-refractivity contribution >= 4 is 0 Å². The molecule has 0 aromatic heterocycles. The Hall–Kier alpha value is -0.0800. The highest BCUT2D eigenvalue weighted by Gasteiger charge is 2.30. The molecule has 0 spiro atoms. The van der Waals surface area contributed by atoms with Crippen LogP contribution in [0.1, 0.15) is 51.9 Å². The van der Waals surface area contributed by atoms with Gasteiger partial charge in [0.05, 0.1) is 0 Å². The van der Waals surface area contributed by atoms with E-state index in [1.54, 1.807) is 0 Å². The quantitative estimate of drug-likeness (QED) is 0.795. The van der Waals surface area contributed by atoms with Crippen molar-refractivity contribution in [3.63, 3.8) is 0 Å². The van der Waals surface area contributed by atoms with E-state index in [-0.39, 0.29) is 0 Å². The van der Waals surface area contributed by atoms with Gasteiger partial charge in [0.2, 0.25) is 0 Å². The normalized spacial score (nSPS) is 36.8. The molecule has 2 aliphatic rings. The van der Waals surface area contributed by atoms with Crippen LogP contribution in [0.25, 0.3) is 0 Å². The van der Waals surface area contributed by atoms with Gasteiger partial charge in [-0.15, -0.1) is 0 Å². The van der Waals surface area contributed by atoms with Crippen LogP contribution in [0.3, 0.4) is 0 Å². The molecule has 2 rings (SSSR count). The number of rotatable bonds is 4. The van der Waals surface area contributed by atoms with E-state index in [1.807, 2.05) is 0 Å². The van der Waals surface area contributed by atoms with Crippen LogP contribution in [0.15, 0.2) is 0 Å². The molecule has 1 saturated carbocycles. The SMILES string of the molecule is CCC1CCC(N2CCC(CCN)C2)CC1. The summed E-state index contributed by atoms with van der Waals surface area (Å²) >= 11 is 0. The van der Waals surface area contributed by atoms with Crippen LogP contribution in [-0.4, -0.2) is 30.6 Å². The molecule has 0 aromatic carbocycles. The minimum absolute atomic E-state index is 0.876. The largest absolute Gasteiger partial charge is 0.330 e. The summed E-state index contributed by atoms with van der Waals surface area (Å²) in [7, 11) is 0. The van der Waals surface area contributed by atoms with Gasteiger partial charge in [-0.1, -0.05) is 13.3 Å². The van der Waals surface area contributed by atoms with Gasteiger partial charge in [-0.05, 0) is 63.5 Å². The van der Waals surface area contributed by atoms with Gasteiger partial charge in [0.1, 0.15) is 0 Å². The van der Waals surface area contributed by atoms with Crippen molar-refractivity contribution in [2.45, 2.75) is 57.9 Å². The minimum Gasteiger partial charge on any atom is -0.330 e.